The first-order valence-corrected chi connectivity index (χ1v) is 8.52. The predicted octanol–water partition coefficient (Wildman–Crippen LogP) is 1.37. The van der Waals surface area contributed by atoms with Gasteiger partial charge in [-0.15, -0.1) is 0 Å². The molecule has 0 saturated carbocycles. The quantitative estimate of drug-likeness (QED) is 0.499. The zero-order valence-electron chi connectivity index (χ0n) is 15.1. The van der Waals surface area contributed by atoms with E-state index in [1.54, 1.807) is 0 Å². The number of aldehydes is 1. The summed E-state index contributed by atoms with van der Waals surface area (Å²) in [5.74, 6) is -0.114. The average Bonchev–Trinajstić information content (AvgIpc) is 2.44. The summed E-state index contributed by atoms with van der Waals surface area (Å²) < 4.78 is 0. The number of nitrogens with one attached hydrogen (secondary N) is 2. The van der Waals surface area contributed by atoms with E-state index in [0.717, 1.165) is 12.7 Å². The van der Waals surface area contributed by atoms with Gasteiger partial charge in [0.2, 0.25) is 11.8 Å². The molecule has 0 aliphatic carbocycles. The SMILES string of the molecule is CCC[C@@H](C=O)NC(=O)[C@H](CC(C)C)NC(=O)[C@@H](N)CC(C)C. The summed E-state index contributed by atoms with van der Waals surface area (Å²) in [6.07, 6.45) is 3.19. The Labute approximate surface area is 140 Å². The van der Waals surface area contributed by atoms with Crippen molar-refractivity contribution in [1.29, 1.82) is 0 Å². The molecule has 6 nitrogen and oxygen atoms in total. The minimum absolute atomic E-state index is 0.230. The number of rotatable bonds is 11. The Kier molecular flexibility index (Phi) is 10.5. The number of nitrogens with two attached hydrogens (primary N) is 1. The Hall–Kier alpha value is -1.43. The lowest BCUT2D eigenvalue weighted by atomic mass is 10.00. The lowest BCUT2D eigenvalue weighted by Gasteiger charge is -2.24. The second-order valence-electron chi connectivity index (χ2n) is 6.97. The predicted molar refractivity (Wildman–Crippen MR) is 91.7 cm³/mol. The van der Waals surface area contributed by atoms with E-state index in [1.165, 1.54) is 0 Å². The Morgan fingerprint density at radius 2 is 1.57 bits per heavy atom. The van der Waals surface area contributed by atoms with Crippen LogP contribution in [0.4, 0.5) is 0 Å². The Morgan fingerprint density at radius 3 is 2.00 bits per heavy atom. The van der Waals surface area contributed by atoms with Gasteiger partial charge in [0.05, 0.1) is 12.1 Å². The summed E-state index contributed by atoms with van der Waals surface area (Å²) in [5, 5.41) is 5.43. The average molecular weight is 327 g/mol. The molecule has 0 aliphatic heterocycles. The van der Waals surface area contributed by atoms with Crippen molar-refractivity contribution in [3.63, 3.8) is 0 Å². The summed E-state index contributed by atoms with van der Waals surface area (Å²) in [4.78, 5) is 35.6. The van der Waals surface area contributed by atoms with Crippen LogP contribution in [0.1, 0.15) is 60.3 Å². The zero-order valence-corrected chi connectivity index (χ0v) is 15.1. The van der Waals surface area contributed by atoms with Crippen molar-refractivity contribution < 1.29 is 14.4 Å². The summed E-state index contributed by atoms with van der Waals surface area (Å²) in [7, 11) is 0. The molecule has 0 unspecified atom stereocenters. The molecule has 3 atom stereocenters. The standard InChI is InChI=1S/C17H33N3O3/c1-6-7-13(10-21)19-17(23)15(9-12(4)5)20-16(22)14(18)8-11(2)3/h10-15H,6-9,18H2,1-5H3,(H,19,23)(H,20,22)/t13-,14-,15-/m0/s1. The molecule has 0 fully saturated rings. The molecule has 0 aromatic rings. The fraction of sp³-hybridized carbons (Fsp3) is 0.824. The van der Waals surface area contributed by atoms with Crippen LogP contribution in [-0.4, -0.2) is 36.2 Å². The fourth-order valence-corrected chi connectivity index (χ4v) is 2.37. The van der Waals surface area contributed by atoms with Crippen LogP contribution in [0.2, 0.25) is 0 Å². The Balaban J connectivity index is 4.82. The van der Waals surface area contributed by atoms with Crippen LogP contribution in [0.25, 0.3) is 0 Å². The Bertz CT molecular complexity index is 383. The Morgan fingerprint density at radius 1 is 1.00 bits per heavy atom. The van der Waals surface area contributed by atoms with E-state index in [9.17, 15) is 14.4 Å². The van der Waals surface area contributed by atoms with Crippen LogP contribution >= 0.6 is 0 Å². The van der Waals surface area contributed by atoms with Crippen LogP contribution in [-0.2, 0) is 14.4 Å². The second kappa shape index (κ2) is 11.2. The maximum Gasteiger partial charge on any atom is 0.243 e. The lowest BCUT2D eigenvalue weighted by Crippen LogP contribution is -2.54. The molecule has 0 bridgehead atoms. The molecule has 0 heterocycles. The zero-order chi connectivity index (χ0) is 18.0. The van der Waals surface area contributed by atoms with Crippen LogP contribution < -0.4 is 16.4 Å². The molecule has 23 heavy (non-hydrogen) atoms. The van der Waals surface area contributed by atoms with E-state index in [0.29, 0.717) is 25.2 Å². The van der Waals surface area contributed by atoms with Crippen molar-refractivity contribution in [2.24, 2.45) is 17.6 Å². The fourth-order valence-electron chi connectivity index (χ4n) is 2.37. The first-order chi connectivity index (χ1) is 10.7. The van der Waals surface area contributed by atoms with Crippen molar-refractivity contribution in [3.05, 3.63) is 0 Å². The summed E-state index contributed by atoms with van der Waals surface area (Å²) >= 11 is 0. The molecule has 0 aromatic heterocycles. The molecule has 2 amide bonds. The highest BCUT2D eigenvalue weighted by Crippen LogP contribution is 2.08. The van der Waals surface area contributed by atoms with Crippen LogP contribution in [0.5, 0.6) is 0 Å². The van der Waals surface area contributed by atoms with Crippen molar-refractivity contribution in [2.75, 3.05) is 0 Å². The van der Waals surface area contributed by atoms with Gasteiger partial charge in [0.1, 0.15) is 12.3 Å². The minimum atomic E-state index is -0.667. The van der Waals surface area contributed by atoms with Gasteiger partial charge in [-0.25, -0.2) is 0 Å². The molecule has 6 heteroatoms. The van der Waals surface area contributed by atoms with Gasteiger partial charge in [-0.1, -0.05) is 41.0 Å². The van der Waals surface area contributed by atoms with E-state index in [1.807, 2.05) is 34.6 Å². The third-order valence-electron chi connectivity index (χ3n) is 3.49. The van der Waals surface area contributed by atoms with Crippen molar-refractivity contribution in [3.8, 4) is 0 Å². The molecule has 0 saturated heterocycles. The highest BCUT2D eigenvalue weighted by atomic mass is 16.2. The van der Waals surface area contributed by atoms with Gasteiger partial charge in [0.25, 0.3) is 0 Å². The normalized spacial score (nSPS) is 15.1. The van der Waals surface area contributed by atoms with E-state index in [4.69, 9.17) is 5.73 Å². The highest BCUT2D eigenvalue weighted by Gasteiger charge is 2.26. The third kappa shape index (κ3) is 9.33. The number of amides is 2. The lowest BCUT2D eigenvalue weighted by molar-refractivity contribution is -0.131. The van der Waals surface area contributed by atoms with Gasteiger partial charge in [-0.2, -0.15) is 0 Å². The minimum Gasteiger partial charge on any atom is -0.345 e. The second-order valence-corrected chi connectivity index (χ2v) is 6.97. The first-order valence-electron chi connectivity index (χ1n) is 8.52. The van der Waals surface area contributed by atoms with Crippen LogP contribution in [0.15, 0.2) is 0 Å². The van der Waals surface area contributed by atoms with Gasteiger partial charge >= 0.3 is 0 Å². The van der Waals surface area contributed by atoms with Gasteiger partial charge in [-0.05, 0) is 31.1 Å². The molecule has 0 spiro atoms. The van der Waals surface area contributed by atoms with Gasteiger partial charge in [0.15, 0.2) is 0 Å². The number of carbonyl (C=O) groups excluding carboxylic acids is 3. The van der Waals surface area contributed by atoms with Crippen LogP contribution in [0, 0.1) is 11.8 Å². The molecule has 0 aliphatic rings. The summed E-state index contributed by atoms with van der Waals surface area (Å²) in [6.45, 7) is 9.88. The van der Waals surface area contributed by atoms with Gasteiger partial charge < -0.3 is 21.2 Å². The van der Waals surface area contributed by atoms with Crippen molar-refractivity contribution in [1.82, 2.24) is 10.6 Å². The largest absolute Gasteiger partial charge is 0.345 e. The number of hydrogen-bond acceptors (Lipinski definition) is 4. The van der Waals surface area contributed by atoms with Gasteiger partial charge in [0, 0.05) is 0 Å². The van der Waals surface area contributed by atoms with E-state index in [2.05, 4.69) is 10.6 Å². The monoisotopic (exact) mass is 327 g/mol. The molecule has 134 valence electrons. The molecule has 0 radical (unpaired) electrons. The molecule has 0 aromatic carbocycles. The van der Waals surface area contributed by atoms with Crippen molar-refractivity contribution >= 4 is 18.1 Å². The van der Waals surface area contributed by atoms with Crippen molar-refractivity contribution in [2.45, 2.75) is 78.4 Å². The van der Waals surface area contributed by atoms with E-state index in [-0.39, 0.29) is 17.7 Å². The smallest absolute Gasteiger partial charge is 0.243 e. The maximum atomic E-state index is 12.4. The highest BCUT2D eigenvalue weighted by molar-refractivity contribution is 5.90. The van der Waals surface area contributed by atoms with Crippen LogP contribution in [0.3, 0.4) is 0 Å². The first kappa shape index (κ1) is 21.6. The molecular formula is C17H33N3O3. The third-order valence-corrected chi connectivity index (χ3v) is 3.49. The number of carbonyl (C=O) groups is 3. The summed E-state index contributed by atoms with van der Waals surface area (Å²) in [6, 6.07) is -1.81. The molecular weight excluding hydrogens is 294 g/mol. The summed E-state index contributed by atoms with van der Waals surface area (Å²) in [5.41, 5.74) is 5.87. The molecule has 4 N–H and O–H groups in total. The molecule has 0 rings (SSSR count). The topological polar surface area (TPSA) is 101 Å². The van der Waals surface area contributed by atoms with E-state index >= 15 is 0 Å². The van der Waals surface area contributed by atoms with Gasteiger partial charge in [-0.3, -0.25) is 9.59 Å². The maximum absolute atomic E-state index is 12.4. The number of hydrogen-bond donors (Lipinski definition) is 3. The van der Waals surface area contributed by atoms with E-state index < -0.39 is 18.1 Å².